The standard InChI is InChI=1S/C44H47N3O6/c1-50-30-38-12-7-23-47(38)28-41-26-42(33-17-15-31(29-48)16-18-33)53-43(52-41)36-11-6-10-35(25-36)34-9-5-8-32(24-34)27-45-44(49)46-37-19-21-40(22-20-37)51-39-13-3-2-4-14-39/h2-6,8-11,13-22,24-25,38,41-43,48H,7,12,23,26-30H2,1H3,(H2,45,46,49)/t38-,41+,42-,43-/m0/s1. The molecule has 2 aliphatic heterocycles. The first-order chi connectivity index (χ1) is 26.0. The summed E-state index contributed by atoms with van der Waals surface area (Å²) in [6.07, 6.45) is 2.30. The zero-order valence-corrected chi connectivity index (χ0v) is 30.0. The quantitative estimate of drug-likeness (QED) is 0.112. The molecule has 0 aliphatic carbocycles. The third-order valence-corrected chi connectivity index (χ3v) is 9.87. The zero-order chi connectivity index (χ0) is 36.4. The maximum Gasteiger partial charge on any atom is 0.319 e. The maximum absolute atomic E-state index is 12.8. The number of methoxy groups -OCH3 is 1. The van der Waals surface area contributed by atoms with Crippen LogP contribution in [-0.2, 0) is 27.4 Å². The van der Waals surface area contributed by atoms with Crippen molar-refractivity contribution in [2.24, 2.45) is 0 Å². The number of rotatable bonds is 13. The summed E-state index contributed by atoms with van der Waals surface area (Å²) >= 11 is 0. The number of benzene rings is 5. The Bertz CT molecular complexity index is 1920. The van der Waals surface area contributed by atoms with E-state index < -0.39 is 6.29 Å². The lowest BCUT2D eigenvalue weighted by atomic mass is 9.98. The highest BCUT2D eigenvalue weighted by atomic mass is 16.7. The lowest BCUT2D eigenvalue weighted by Gasteiger charge is -2.39. The van der Waals surface area contributed by atoms with Crippen LogP contribution in [0.25, 0.3) is 11.1 Å². The van der Waals surface area contributed by atoms with Crippen molar-refractivity contribution in [1.82, 2.24) is 10.2 Å². The van der Waals surface area contributed by atoms with Crippen molar-refractivity contribution in [2.45, 2.75) is 57.0 Å². The van der Waals surface area contributed by atoms with Crippen LogP contribution in [0.1, 0.15) is 53.9 Å². The fraction of sp³-hybridized carbons (Fsp3) is 0.295. The Morgan fingerprint density at radius 3 is 2.34 bits per heavy atom. The van der Waals surface area contributed by atoms with Gasteiger partial charge in [-0.05, 0) is 95.7 Å². The largest absolute Gasteiger partial charge is 0.457 e. The van der Waals surface area contributed by atoms with E-state index in [4.69, 9.17) is 18.9 Å². The van der Waals surface area contributed by atoms with E-state index in [2.05, 4.69) is 45.9 Å². The molecule has 5 aromatic carbocycles. The molecule has 2 aliphatic rings. The maximum atomic E-state index is 12.8. The number of carbonyl (C=O) groups excluding carboxylic acids is 1. The molecule has 7 rings (SSSR count). The van der Waals surface area contributed by atoms with Crippen LogP contribution in [0.15, 0.2) is 127 Å². The van der Waals surface area contributed by atoms with Crippen LogP contribution in [0.2, 0.25) is 0 Å². The first-order valence-corrected chi connectivity index (χ1v) is 18.3. The number of nitrogens with zero attached hydrogens (tertiary/aromatic N) is 1. The van der Waals surface area contributed by atoms with Gasteiger partial charge in [-0.2, -0.15) is 0 Å². The number of amides is 2. The molecule has 2 fully saturated rings. The molecular formula is C44H47N3O6. The van der Waals surface area contributed by atoms with E-state index in [1.54, 1.807) is 7.11 Å². The third kappa shape index (κ3) is 9.70. The Labute approximate surface area is 311 Å². The van der Waals surface area contributed by atoms with Crippen molar-refractivity contribution >= 4 is 11.7 Å². The zero-order valence-electron chi connectivity index (χ0n) is 30.0. The van der Waals surface area contributed by atoms with Crippen LogP contribution in [0.3, 0.4) is 0 Å². The summed E-state index contributed by atoms with van der Waals surface area (Å²) < 4.78 is 24.8. The smallest absolute Gasteiger partial charge is 0.319 e. The predicted molar refractivity (Wildman–Crippen MR) is 206 cm³/mol. The average Bonchev–Trinajstić information content (AvgIpc) is 3.64. The molecular weight excluding hydrogens is 666 g/mol. The molecule has 4 atom stereocenters. The van der Waals surface area contributed by atoms with Gasteiger partial charge in [-0.1, -0.05) is 78.9 Å². The number of hydrogen-bond donors (Lipinski definition) is 3. The Morgan fingerprint density at radius 2 is 1.57 bits per heavy atom. The number of likely N-dealkylation sites (tertiary alicyclic amines) is 1. The van der Waals surface area contributed by atoms with Gasteiger partial charge in [0.1, 0.15) is 11.5 Å². The van der Waals surface area contributed by atoms with Gasteiger partial charge in [-0.3, -0.25) is 4.90 Å². The summed E-state index contributed by atoms with van der Waals surface area (Å²) in [6.45, 7) is 2.94. The van der Waals surface area contributed by atoms with Crippen molar-refractivity contribution in [1.29, 1.82) is 0 Å². The summed E-state index contributed by atoms with van der Waals surface area (Å²) in [7, 11) is 1.77. The fourth-order valence-corrected chi connectivity index (χ4v) is 7.13. The van der Waals surface area contributed by atoms with Gasteiger partial charge in [-0.25, -0.2) is 4.79 Å². The van der Waals surface area contributed by atoms with Crippen LogP contribution < -0.4 is 15.4 Å². The summed E-state index contributed by atoms with van der Waals surface area (Å²) in [6, 6.07) is 41.4. The van der Waals surface area contributed by atoms with Crippen LogP contribution in [0.5, 0.6) is 11.5 Å². The van der Waals surface area contributed by atoms with Crippen molar-refractivity contribution in [3.05, 3.63) is 150 Å². The van der Waals surface area contributed by atoms with E-state index in [1.165, 1.54) is 0 Å². The van der Waals surface area contributed by atoms with E-state index >= 15 is 0 Å². The molecule has 0 saturated carbocycles. The van der Waals surface area contributed by atoms with E-state index in [1.807, 2.05) is 97.1 Å². The minimum absolute atomic E-state index is 0.00769. The first kappa shape index (κ1) is 36.3. The number of urea groups is 1. The number of nitrogens with one attached hydrogen (secondary N) is 2. The van der Waals surface area contributed by atoms with Gasteiger partial charge in [0, 0.05) is 43.9 Å². The predicted octanol–water partition coefficient (Wildman–Crippen LogP) is 8.62. The summed E-state index contributed by atoms with van der Waals surface area (Å²) in [5.41, 5.74) is 6.60. The number of aliphatic hydroxyl groups is 1. The van der Waals surface area contributed by atoms with E-state index in [-0.39, 0.29) is 24.8 Å². The molecule has 2 heterocycles. The van der Waals surface area contributed by atoms with Crippen LogP contribution in [0.4, 0.5) is 10.5 Å². The summed E-state index contributed by atoms with van der Waals surface area (Å²) in [5, 5.41) is 15.5. The van der Waals surface area contributed by atoms with Gasteiger partial charge in [0.25, 0.3) is 0 Å². The van der Waals surface area contributed by atoms with E-state index in [9.17, 15) is 9.90 Å². The van der Waals surface area contributed by atoms with E-state index in [0.717, 1.165) is 78.1 Å². The van der Waals surface area contributed by atoms with Crippen LogP contribution >= 0.6 is 0 Å². The third-order valence-electron chi connectivity index (χ3n) is 9.87. The van der Waals surface area contributed by atoms with Gasteiger partial charge < -0.3 is 34.7 Å². The van der Waals surface area contributed by atoms with Crippen LogP contribution in [0, 0.1) is 0 Å². The number of para-hydroxylation sites is 1. The number of aliphatic hydroxyl groups excluding tert-OH is 1. The monoisotopic (exact) mass is 713 g/mol. The fourth-order valence-electron chi connectivity index (χ4n) is 7.13. The highest BCUT2D eigenvalue weighted by Gasteiger charge is 2.35. The molecule has 0 unspecified atom stereocenters. The van der Waals surface area contributed by atoms with Gasteiger partial charge in [0.15, 0.2) is 6.29 Å². The molecule has 9 heteroatoms. The molecule has 0 radical (unpaired) electrons. The first-order valence-electron chi connectivity index (χ1n) is 18.3. The number of ether oxygens (including phenoxy) is 4. The molecule has 9 nitrogen and oxygen atoms in total. The van der Waals surface area contributed by atoms with Gasteiger partial charge in [0.2, 0.25) is 0 Å². The molecule has 0 aromatic heterocycles. The molecule has 2 saturated heterocycles. The number of anilines is 1. The van der Waals surface area contributed by atoms with Gasteiger partial charge >= 0.3 is 6.03 Å². The minimum atomic E-state index is -0.549. The number of carbonyl (C=O) groups is 1. The molecule has 274 valence electrons. The van der Waals surface area contributed by atoms with E-state index in [0.29, 0.717) is 24.0 Å². The van der Waals surface area contributed by atoms with Crippen LogP contribution in [-0.4, -0.2) is 55.0 Å². The van der Waals surface area contributed by atoms with Crippen molar-refractivity contribution in [2.75, 3.05) is 32.1 Å². The number of hydrogen-bond acceptors (Lipinski definition) is 7. The van der Waals surface area contributed by atoms with Gasteiger partial charge in [-0.15, -0.1) is 0 Å². The highest BCUT2D eigenvalue weighted by molar-refractivity contribution is 5.89. The molecule has 0 spiro atoms. The Kier molecular flexibility index (Phi) is 12.1. The van der Waals surface area contributed by atoms with Crippen molar-refractivity contribution in [3.63, 3.8) is 0 Å². The molecule has 2 amide bonds. The average molecular weight is 714 g/mol. The molecule has 3 N–H and O–H groups in total. The minimum Gasteiger partial charge on any atom is -0.457 e. The molecule has 0 bridgehead atoms. The second kappa shape index (κ2) is 17.7. The van der Waals surface area contributed by atoms with Crippen molar-refractivity contribution in [3.8, 4) is 22.6 Å². The summed E-state index contributed by atoms with van der Waals surface area (Å²) in [5.74, 6) is 1.44. The van der Waals surface area contributed by atoms with Gasteiger partial charge in [0.05, 0.1) is 25.4 Å². The molecule has 53 heavy (non-hydrogen) atoms. The highest BCUT2D eigenvalue weighted by Crippen LogP contribution is 2.39. The molecule has 5 aromatic rings. The van der Waals surface area contributed by atoms with Crippen molar-refractivity contribution < 1.29 is 28.8 Å². The Balaban J connectivity index is 1.01. The SMILES string of the molecule is COC[C@@H]1CCCN1C[C@H]1C[C@@H](c2ccc(CO)cc2)O[C@@H](c2cccc(-c3cccc(CNC(=O)Nc4ccc(Oc5ccccc5)cc4)c3)c2)O1. The normalized spacial score (nSPS) is 20.2. The topological polar surface area (TPSA) is 102 Å². The Morgan fingerprint density at radius 1 is 0.811 bits per heavy atom. The summed E-state index contributed by atoms with van der Waals surface area (Å²) in [4.78, 5) is 15.3. The second-order valence-electron chi connectivity index (χ2n) is 13.7. The lowest BCUT2D eigenvalue weighted by molar-refractivity contribution is -0.253. The Hall–Kier alpha value is -5.03. The lowest BCUT2D eigenvalue weighted by Crippen LogP contribution is -2.42. The second-order valence-corrected chi connectivity index (χ2v) is 13.7.